The molecule has 0 aliphatic heterocycles. The summed E-state index contributed by atoms with van der Waals surface area (Å²) in [6, 6.07) is 12.7. The molecule has 0 saturated carbocycles. The van der Waals surface area contributed by atoms with Gasteiger partial charge in [-0.05, 0) is 31.2 Å². The molecule has 0 radical (unpaired) electrons. The maximum Gasteiger partial charge on any atom is 0.309 e. The van der Waals surface area contributed by atoms with E-state index in [1.807, 2.05) is 37.3 Å². The van der Waals surface area contributed by atoms with Crippen LogP contribution < -0.4 is 4.74 Å². The van der Waals surface area contributed by atoms with E-state index in [1.165, 1.54) is 0 Å². The first-order chi connectivity index (χ1) is 11.7. The van der Waals surface area contributed by atoms with Crippen LogP contribution in [0.5, 0.6) is 5.75 Å². The number of benzene rings is 1. The fraction of sp³-hybridized carbons (Fsp3) is 0.176. The molecule has 1 N–H and O–H groups in total. The number of carboxylic acid groups (broad SMARTS) is 1. The lowest BCUT2D eigenvalue weighted by Crippen LogP contribution is -2.00. The molecule has 0 bridgehead atoms. The summed E-state index contributed by atoms with van der Waals surface area (Å²) in [5.41, 5.74) is 1.57. The zero-order valence-electron chi connectivity index (χ0n) is 13.1. The third kappa shape index (κ3) is 3.24. The van der Waals surface area contributed by atoms with Gasteiger partial charge in [0.15, 0.2) is 5.82 Å². The highest BCUT2D eigenvalue weighted by Crippen LogP contribution is 2.30. The number of rotatable bonds is 6. The van der Waals surface area contributed by atoms with Gasteiger partial charge in [-0.15, -0.1) is 10.2 Å². The number of hydrogen-bond acceptors (Lipinski definition) is 5. The van der Waals surface area contributed by atoms with Crippen LogP contribution in [0.3, 0.4) is 0 Å². The molecule has 2 heterocycles. The monoisotopic (exact) mass is 324 g/mol. The summed E-state index contributed by atoms with van der Waals surface area (Å²) in [4.78, 5) is 15.4. The number of para-hydroxylation sites is 1. The van der Waals surface area contributed by atoms with Crippen molar-refractivity contribution in [3.05, 3.63) is 54.4 Å². The predicted molar refractivity (Wildman–Crippen MR) is 88.3 cm³/mol. The third-order valence-electron chi connectivity index (χ3n) is 3.31. The number of carboxylic acids is 1. The molecule has 7 nitrogen and oxygen atoms in total. The normalized spacial score (nSPS) is 11.2. The molecule has 2 aromatic heterocycles. The Hall–Kier alpha value is -3.22. The van der Waals surface area contributed by atoms with Gasteiger partial charge in [-0.2, -0.15) is 0 Å². The number of azo groups is 1. The largest absolute Gasteiger partial charge is 0.492 e. The second-order valence-corrected chi connectivity index (χ2v) is 4.98. The number of aliphatic carboxylic acids is 1. The van der Waals surface area contributed by atoms with E-state index < -0.39 is 5.97 Å². The molecule has 7 heteroatoms. The molecule has 1 aromatic carbocycles. The lowest BCUT2D eigenvalue weighted by molar-refractivity contribution is -0.136. The summed E-state index contributed by atoms with van der Waals surface area (Å²) >= 11 is 0. The van der Waals surface area contributed by atoms with Crippen molar-refractivity contribution in [2.45, 2.75) is 13.3 Å². The number of hydrogen-bond donors (Lipinski definition) is 1. The fourth-order valence-corrected chi connectivity index (χ4v) is 2.32. The number of carbonyl (C=O) groups is 1. The van der Waals surface area contributed by atoms with E-state index >= 15 is 0 Å². The van der Waals surface area contributed by atoms with Gasteiger partial charge in [0.1, 0.15) is 17.1 Å². The molecule has 24 heavy (non-hydrogen) atoms. The van der Waals surface area contributed by atoms with Crippen LogP contribution >= 0.6 is 0 Å². The molecule has 0 aliphatic rings. The number of ether oxygens (including phenoxy) is 1. The quantitative estimate of drug-likeness (QED) is 0.699. The third-order valence-corrected chi connectivity index (χ3v) is 3.31. The van der Waals surface area contributed by atoms with Crippen molar-refractivity contribution in [3.8, 4) is 5.75 Å². The van der Waals surface area contributed by atoms with Crippen LogP contribution in [0.4, 0.5) is 11.5 Å². The van der Waals surface area contributed by atoms with Crippen LogP contribution in [0, 0.1) is 0 Å². The Bertz CT molecular complexity index is 902. The summed E-state index contributed by atoms with van der Waals surface area (Å²) in [5, 5.41) is 17.5. The van der Waals surface area contributed by atoms with Crippen molar-refractivity contribution < 1.29 is 14.6 Å². The molecule has 122 valence electrons. The maximum atomic E-state index is 11.1. The summed E-state index contributed by atoms with van der Waals surface area (Å²) in [5.74, 6) is 0.0567. The lowest BCUT2D eigenvalue weighted by atomic mass is 10.3. The highest BCUT2D eigenvalue weighted by molar-refractivity contribution is 5.72. The van der Waals surface area contributed by atoms with Crippen molar-refractivity contribution in [2.75, 3.05) is 6.61 Å². The molecule has 0 saturated heterocycles. The first-order valence-corrected chi connectivity index (χ1v) is 7.50. The van der Waals surface area contributed by atoms with Crippen LogP contribution in [-0.2, 0) is 11.2 Å². The van der Waals surface area contributed by atoms with Gasteiger partial charge in [-0.3, -0.25) is 9.20 Å². The van der Waals surface area contributed by atoms with Gasteiger partial charge >= 0.3 is 5.97 Å². The molecule has 0 unspecified atom stereocenters. The highest BCUT2D eigenvalue weighted by Gasteiger charge is 2.14. The fourth-order valence-electron chi connectivity index (χ4n) is 2.32. The van der Waals surface area contributed by atoms with Crippen molar-refractivity contribution in [1.82, 2.24) is 9.38 Å². The summed E-state index contributed by atoms with van der Waals surface area (Å²) in [6.45, 7) is 2.41. The van der Waals surface area contributed by atoms with E-state index in [0.717, 1.165) is 0 Å². The minimum Gasteiger partial charge on any atom is -0.492 e. The average Bonchev–Trinajstić information content (AvgIpc) is 2.91. The van der Waals surface area contributed by atoms with Crippen molar-refractivity contribution >= 4 is 23.1 Å². The SMILES string of the molecule is CCOc1ccccc1N=Nc1c(CC(=O)O)nc2ccccn12. The van der Waals surface area contributed by atoms with Gasteiger partial charge in [0, 0.05) is 6.20 Å². The Morgan fingerprint density at radius 1 is 1.21 bits per heavy atom. The first-order valence-electron chi connectivity index (χ1n) is 7.50. The summed E-state index contributed by atoms with van der Waals surface area (Å²) in [6.07, 6.45) is 1.56. The minimum atomic E-state index is -0.968. The van der Waals surface area contributed by atoms with E-state index in [1.54, 1.807) is 22.7 Å². The van der Waals surface area contributed by atoms with E-state index in [9.17, 15) is 4.79 Å². The topological polar surface area (TPSA) is 88.5 Å². The van der Waals surface area contributed by atoms with Gasteiger partial charge in [-0.1, -0.05) is 18.2 Å². The second kappa shape index (κ2) is 6.91. The number of aromatic nitrogens is 2. The molecule has 3 rings (SSSR count). The van der Waals surface area contributed by atoms with Crippen LogP contribution in [0.2, 0.25) is 0 Å². The van der Waals surface area contributed by atoms with Crippen molar-refractivity contribution in [1.29, 1.82) is 0 Å². The van der Waals surface area contributed by atoms with Crippen LogP contribution in [0.25, 0.3) is 5.65 Å². The Morgan fingerprint density at radius 3 is 2.79 bits per heavy atom. The van der Waals surface area contributed by atoms with Gasteiger partial charge in [0.2, 0.25) is 0 Å². The zero-order valence-corrected chi connectivity index (χ0v) is 13.1. The van der Waals surface area contributed by atoms with Gasteiger partial charge < -0.3 is 9.84 Å². The molecule has 0 fully saturated rings. The smallest absolute Gasteiger partial charge is 0.309 e. The van der Waals surface area contributed by atoms with Crippen molar-refractivity contribution in [3.63, 3.8) is 0 Å². The van der Waals surface area contributed by atoms with Gasteiger partial charge in [0.25, 0.3) is 0 Å². The average molecular weight is 324 g/mol. The van der Waals surface area contributed by atoms with E-state index in [4.69, 9.17) is 9.84 Å². The van der Waals surface area contributed by atoms with Crippen molar-refractivity contribution in [2.24, 2.45) is 10.2 Å². The standard InChI is InChI=1S/C17H16N4O3/c1-2-24-14-8-4-3-7-12(14)19-20-17-13(11-16(22)23)18-15-9-5-6-10-21(15)17/h3-10H,2,11H2,1H3,(H,22,23). The van der Waals surface area contributed by atoms with E-state index in [2.05, 4.69) is 15.2 Å². The molecule has 0 aliphatic carbocycles. The van der Waals surface area contributed by atoms with Gasteiger partial charge in [-0.25, -0.2) is 4.98 Å². The van der Waals surface area contributed by atoms with E-state index in [-0.39, 0.29) is 6.42 Å². The van der Waals surface area contributed by atoms with Crippen LogP contribution in [-0.4, -0.2) is 27.1 Å². The maximum absolute atomic E-state index is 11.1. The lowest BCUT2D eigenvalue weighted by Gasteiger charge is -2.04. The number of imidazole rings is 1. The Labute approximate surface area is 138 Å². The summed E-state index contributed by atoms with van der Waals surface area (Å²) < 4.78 is 7.23. The molecule has 0 atom stereocenters. The number of fused-ring (bicyclic) bond motifs is 1. The number of nitrogens with zero attached hydrogens (tertiary/aromatic N) is 4. The molecular formula is C17H16N4O3. The van der Waals surface area contributed by atoms with Crippen LogP contribution in [0.1, 0.15) is 12.6 Å². The first kappa shape index (κ1) is 15.7. The molecular weight excluding hydrogens is 308 g/mol. The Morgan fingerprint density at radius 2 is 2.00 bits per heavy atom. The summed E-state index contributed by atoms with van der Waals surface area (Å²) in [7, 11) is 0. The Kier molecular flexibility index (Phi) is 4.51. The second-order valence-electron chi connectivity index (χ2n) is 4.98. The Balaban J connectivity index is 2.04. The molecule has 0 spiro atoms. The van der Waals surface area contributed by atoms with E-state index in [0.29, 0.717) is 35.2 Å². The number of pyridine rings is 1. The van der Waals surface area contributed by atoms with Crippen LogP contribution in [0.15, 0.2) is 58.9 Å². The zero-order chi connectivity index (χ0) is 16.9. The molecule has 0 amide bonds. The van der Waals surface area contributed by atoms with Gasteiger partial charge in [0.05, 0.1) is 18.7 Å². The molecule has 3 aromatic rings. The highest BCUT2D eigenvalue weighted by atomic mass is 16.5. The minimum absolute atomic E-state index is 0.219. The predicted octanol–water partition coefficient (Wildman–Crippen LogP) is 3.78.